The third-order valence-corrected chi connectivity index (χ3v) is 2.46. The predicted octanol–water partition coefficient (Wildman–Crippen LogP) is 2.97. The first-order chi connectivity index (χ1) is 7.93. The molecule has 1 rings (SSSR count). The van der Waals surface area contributed by atoms with Crippen molar-refractivity contribution < 1.29 is 13.9 Å². The summed E-state index contributed by atoms with van der Waals surface area (Å²) in [5.41, 5.74) is -0.445. The van der Waals surface area contributed by atoms with Gasteiger partial charge in [-0.3, -0.25) is 0 Å². The fraction of sp³-hybridized carbons (Fsp3) is 0.462. The summed E-state index contributed by atoms with van der Waals surface area (Å²) < 4.78 is 24.4. The summed E-state index contributed by atoms with van der Waals surface area (Å²) in [6, 6.07) is 5.37. The third-order valence-electron chi connectivity index (χ3n) is 2.46. The van der Waals surface area contributed by atoms with Crippen LogP contribution in [0.2, 0.25) is 0 Å². The Balaban J connectivity index is 3.44. The Kier molecular flexibility index (Phi) is 3.95. The van der Waals surface area contributed by atoms with E-state index in [0.717, 1.165) is 0 Å². The average molecular weight is 237 g/mol. The lowest BCUT2D eigenvalue weighted by atomic mass is 9.95. The van der Waals surface area contributed by atoms with Crippen molar-refractivity contribution in [2.45, 2.75) is 25.9 Å². The molecule has 0 aliphatic carbocycles. The van der Waals surface area contributed by atoms with Crippen molar-refractivity contribution in [3.05, 3.63) is 23.3 Å². The molecule has 0 amide bonds. The molecule has 4 heteroatoms. The van der Waals surface area contributed by atoms with Gasteiger partial charge in [-0.15, -0.1) is 0 Å². The smallest absolute Gasteiger partial charge is 0.167 e. The first-order valence-electron chi connectivity index (χ1n) is 5.25. The lowest BCUT2D eigenvalue weighted by Crippen LogP contribution is -2.12. The standard InChI is InChI=1S/C13H16FNO2/c1-13(2,14)10-7-9(5-6-15)8-11(16-3)12(10)17-4/h7-8H,5H2,1-4H3. The van der Waals surface area contributed by atoms with Crippen molar-refractivity contribution in [2.75, 3.05) is 14.2 Å². The number of nitrogens with zero attached hydrogens (tertiary/aromatic N) is 1. The van der Waals surface area contributed by atoms with Gasteiger partial charge in [-0.1, -0.05) is 0 Å². The number of ether oxygens (including phenoxy) is 2. The molecule has 0 saturated carbocycles. The van der Waals surface area contributed by atoms with Gasteiger partial charge in [0.15, 0.2) is 11.5 Å². The molecule has 17 heavy (non-hydrogen) atoms. The first-order valence-corrected chi connectivity index (χ1v) is 5.25. The van der Waals surface area contributed by atoms with E-state index >= 15 is 0 Å². The van der Waals surface area contributed by atoms with Gasteiger partial charge in [-0.05, 0) is 31.5 Å². The van der Waals surface area contributed by atoms with Gasteiger partial charge in [-0.25, -0.2) is 4.39 Å². The Hall–Kier alpha value is -1.76. The van der Waals surface area contributed by atoms with Crippen LogP contribution >= 0.6 is 0 Å². The van der Waals surface area contributed by atoms with Gasteiger partial charge >= 0.3 is 0 Å². The van der Waals surface area contributed by atoms with Crippen LogP contribution in [0.5, 0.6) is 11.5 Å². The summed E-state index contributed by atoms with van der Waals surface area (Å²) in [5.74, 6) is 0.822. The van der Waals surface area contributed by atoms with Gasteiger partial charge in [0, 0.05) is 5.56 Å². The molecule has 0 aromatic heterocycles. The van der Waals surface area contributed by atoms with E-state index < -0.39 is 5.67 Å². The topological polar surface area (TPSA) is 42.2 Å². The van der Waals surface area contributed by atoms with Crippen molar-refractivity contribution in [3.63, 3.8) is 0 Å². The van der Waals surface area contributed by atoms with E-state index in [4.69, 9.17) is 14.7 Å². The lowest BCUT2D eigenvalue weighted by Gasteiger charge is -2.21. The summed E-state index contributed by atoms with van der Waals surface area (Å²) in [5, 5.41) is 8.69. The minimum atomic E-state index is -1.55. The van der Waals surface area contributed by atoms with Crippen LogP contribution in [0.25, 0.3) is 0 Å². The number of hydrogen-bond acceptors (Lipinski definition) is 3. The molecule has 92 valence electrons. The predicted molar refractivity (Wildman–Crippen MR) is 63.0 cm³/mol. The van der Waals surface area contributed by atoms with Crippen LogP contribution in [-0.2, 0) is 12.1 Å². The summed E-state index contributed by atoms with van der Waals surface area (Å²) in [6.45, 7) is 2.89. The highest BCUT2D eigenvalue weighted by molar-refractivity contribution is 5.52. The lowest BCUT2D eigenvalue weighted by molar-refractivity contribution is 0.211. The van der Waals surface area contributed by atoms with Crippen LogP contribution in [0, 0.1) is 11.3 Å². The first kappa shape index (κ1) is 13.3. The van der Waals surface area contributed by atoms with Crippen LogP contribution in [0.1, 0.15) is 25.0 Å². The van der Waals surface area contributed by atoms with Gasteiger partial charge in [0.2, 0.25) is 0 Å². The quantitative estimate of drug-likeness (QED) is 0.808. The van der Waals surface area contributed by atoms with E-state index in [-0.39, 0.29) is 6.42 Å². The molecule has 0 spiro atoms. The highest BCUT2D eigenvalue weighted by Crippen LogP contribution is 2.40. The molecule has 0 aliphatic heterocycles. The number of rotatable bonds is 4. The normalized spacial score (nSPS) is 10.8. The van der Waals surface area contributed by atoms with Crippen molar-refractivity contribution >= 4 is 0 Å². The second-order valence-electron chi connectivity index (χ2n) is 4.19. The molecule has 3 nitrogen and oxygen atoms in total. The van der Waals surface area contributed by atoms with E-state index in [1.807, 2.05) is 6.07 Å². The summed E-state index contributed by atoms with van der Waals surface area (Å²) in [7, 11) is 2.96. The van der Waals surface area contributed by atoms with Crippen molar-refractivity contribution in [1.82, 2.24) is 0 Å². The molecule has 0 unspecified atom stereocenters. The monoisotopic (exact) mass is 237 g/mol. The molecular formula is C13H16FNO2. The largest absolute Gasteiger partial charge is 0.493 e. The Morgan fingerprint density at radius 1 is 1.29 bits per heavy atom. The van der Waals surface area contributed by atoms with Crippen molar-refractivity contribution in [2.24, 2.45) is 0 Å². The average Bonchev–Trinajstić information content (AvgIpc) is 2.27. The fourth-order valence-electron chi connectivity index (χ4n) is 1.66. The van der Waals surface area contributed by atoms with Gasteiger partial charge in [-0.2, -0.15) is 5.26 Å². The van der Waals surface area contributed by atoms with Gasteiger partial charge in [0.05, 0.1) is 26.7 Å². The number of nitriles is 1. The molecule has 0 N–H and O–H groups in total. The van der Waals surface area contributed by atoms with E-state index in [9.17, 15) is 4.39 Å². The van der Waals surface area contributed by atoms with Crippen LogP contribution in [0.3, 0.4) is 0 Å². The molecule has 0 atom stereocenters. The van der Waals surface area contributed by atoms with E-state index in [0.29, 0.717) is 22.6 Å². The third kappa shape index (κ3) is 2.88. The zero-order chi connectivity index (χ0) is 13.1. The molecule has 0 fully saturated rings. The summed E-state index contributed by atoms with van der Waals surface area (Å²) in [6.07, 6.45) is 0.212. The summed E-state index contributed by atoms with van der Waals surface area (Å²) >= 11 is 0. The number of halogens is 1. The van der Waals surface area contributed by atoms with Crippen LogP contribution in [0.4, 0.5) is 4.39 Å². The molecule has 1 aromatic rings. The van der Waals surface area contributed by atoms with Crippen LogP contribution < -0.4 is 9.47 Å². The Morgan fingerprint density at radius 3 is 2.35 bits per heavy atom. The summed E-state index contributed by atoms with van der Waals surface area (Å²) in [4.78, 5) is 0. The zero-order valence-electron chi connectivity index (χ0n) is 10.5. The van der Waals surface area contributed by atoms with E-state index in [1.54, 1.807) is 12.1 Å². The Labute approximate surface area is 101 Å². The van der Waals surface area contributed by atoms with E-state index in [2.05, 4.69) is 0 Å². The van der Waals surface area contributed by atoms with Gasteiger partial charge in [0.1, 0.15) is 5.67 Å². The number of hydrogen-bond donors (Lipinski definition) is 0. The van der Waals surface area contributed by atoms with E-state index in [1.165, 1.54) is 28.1 Å². The Bertz CT molecular complexity index is 444. The van der Waals surface area contributed by atoms with Crippen LogP contribution in [-0.4, -0.2) is 14.2 Å². The molecular weight excluding hydrogens is 221 g/mol. The zero-order valence-corrected chi connectivity index (χ0v) is 10.5. The highest BCUT2D eigenvalue weighted by atomic mass is 19.1. The van der Waals surface area contributed by atoms with Gasteiger partial charge < -0.3 is 9.47 Å². The maximum absolute atomic E-state index is 14.1. The second-order valence-corrected chi connectivity index (χ2v) is 4.19. The maximum Gasteiger partial charge on any atom is 0.167 e. The molecule has 0 aliphatic rings. The second kappa shape index (κ2) is 5.05. The van der Waals surface area contributed by atoms with Crippen LogP contribution in [0.15, 0.2) is 12.1 Å². The minimum absolute atomic E-state index is 0.212. The molecule has 0 saturated heterocycles. The molecule has 0 heterocycles. The number of alkyl halides is 1. The SMILES string of the molecule is COc1cc(CC#N)cc(C(C)(C)F)c1OC. The highest BCUT2D eigenvalue weighted by Gasteiger charge is 2.26. The maximum atomic E-state index is 14.1. The Morgan fingerprint density at radius 2 is 1.94 bits per heavy atom. The van der Waals surface area contributed by atoms with Crippen molar-refractivity contribution in [1.29, 1.82) is 5.26 Å². The van der Waals surface area contributed by atoms with Gasteiger partial charge in [0.25, 0.3) is 0 Å². The minimum Gasteiger partial charge on any atom is -0.493 e. The number of methoxy groups -OCH3 is 2. The molecule has 0 radical (unpaired) electrons. The number of benzene rings is 1. The van der Waals surface area contributed by atoms with Crippen molar-refractivity contribution in [3.8, 4) is 17.6 Å². The fourth-order valence-corrected chi connectivity index (χ4v) is 1.66. The molecule has 0 bridgehead atoms. The molecule has 1 aromatic carbocycles.